The molecule has 0 aromatic heterocycles. The van der Waals surface area contributed by atoms with Gasteiger partial charge in [0, 0.05) is 35.8 Å². The Labute approximate surface area is 248 Å². The Morgan fingerprint density at radius 2 is 1.59 bits per heavy atom. The van der Waals surface area contributed by atoms with Crippen LogP contribution < -0.4 is 14.8 Å². The van der Waals surface area contributed by atoms with Crippen LogP contribution in [0.3, 0.4) is 0 Å². The number of carbonyl (C=O) groups is 1. The molecule has 39 heavy (non-hydrogen) atoms. The molecule has 1 N–H and O–H groups in total. The van der Waals surface area contributed by atoms with Gasteiger partial charge >= 0.3 is 0 Å². The van der Waals surface area contributed by atoms with Gasteiger partial charge in [-0.2, -0.15) is 0 Å². The second-order valence-corrected chi connectivity index (χ2v) is 11.2. The van der Waals surface area contributed by atoms with Crippen molar-refractivity contribution in [1.29, 1.82) is 0 Å². The van der Waals surface area contributed by atoms with Crippen LogP contribution in [0.1, 0.15) is 30.4 Å². The predicted molar refractivity (Wildman–Crippen MR) is 158 cm³/mol. The van der Waals surface area contributed by atoms with Gasteiger partial charge in [-0.05, 0) is 66.8 Å². The highest BCUT2D eigenvalue weighted by Gasteiger charge is 2.35. The summed E-state index contributed by atoms with van der Waals surface area (Å²) < 4.78 is 11.5. The van der Waals surface area contributed by atoms with E-state index in [2.05, 4.69) is 5.32 Å². The van der Waals surface area contributed by atoms with E-state index in [4.69, 9.17) is 55.9 Å². The van der Waals surface area contributed by atoms with Crippen LogP contribution in [0.2, 0.25) is 20.1 Å². The molecule has 1 fully saturated rings. The number of benzene rings is 3. The maximum Gasteiger partial charge on any atom is 0.251 e. The van der Waals surface area contributed by atoms with Crippen molar-refractivity contribution in [3.63, 3.8) is 0 Å². The second-order valence-electron chi connectivity index (χ2n) is 9.56. The standard InChI is InChI=1S/C30H28Cl4N2O3/c31-25-4-2-1-3-20(25)18-36(21-7-8-21)30(37)24-17-35-12-11-23(24)19-5-9-22(10-6-19)38-13-14-39-29-16-27(33)26(32)15-28(29)34/h1-6,9-10,15-16,21,35H,7-8,11-14,17-18H2. The Morgan fingerprint density at radius 3 is 2.33 bits per heavy atom. The third-order valence-corrected chi connectivity index (χ3v) is 8.20. The molecule has 0 bridgehead atoms. The molecule has 1 saturated carbocycles. The minimum atomic E-state index is 0.0815. The zero-order valence-electron chi connectivity index (χ0n) is 21.2. The number of hydrogen-bond acceptors (Lipinski definition) is 4. The van der Waals surface area contributed by atoms with Crippen molar-refractivity contribution in [2.75, 3.05) is 26.3 Å². The number of amides is 1. The third-order valence-electron chi connectivity index (χ3n) is 6.81. The summed E-state index contributed by atoms with van der Waals surface area (Å²) in [7, 11) is 0. The number of ether oxygens (including phenoxy) is 2. The lowest BCUT2D eigenvalue weighted by Gasteiger charge is -2.28. The van der Waals surface area contributed by atoms with Gasteiger partial charge in [-0.25, -0.2) is 0 Å². The predicted octanol–water partition coefficient (Wildman–Crippen LogP) is 7.70. The summed E-state index contributed by atoms with van der Waals surface area (Å²) in [6.45, 7) is 2.50. The Bertz CT molecular complexity index is 1370. The zero-order chi connectivity index (χ0) is 27.4. The van der Waals surface area contributed by atoms with Crippen LogP contribution in [0.5, 0.6) is 11.5 Å². The van der Waals surface area contributed by atoms with Crippen molar-refractivity contribution in [3.8, 4) is 11.5 Å². The van der Waals surface area contributed by atoms with Crippen molar-refractivity contribution >= 4 is 57.9 Å². The molecule has 3 aromatic carbocycles. The first-order chi connectivity index (χ1) is 18.9. The average Bonchev–Trinajstić information content (AvgIpc) is 3.79. The quantitative estimate of drug-likeness (QED) is 0.190. The lowest BCUT2D eigenvalue weighted by molar-refractivity contribution is -0.128. The monoisotopic (exact) mass is 604 g/mol. The molecule has 0 saturated heterocycles. The van der Waals surface area contributed by atoms with E-state index >= 15 is 0 Å². The highest BCUT2D eigenvalue weighted by molar-refractivity contribution is 6.43. The van der Waals surface area contributed by atoms with Crippen molar-refractivity contribution in [2.24, 2.45) is 0 Å². The minimum absolute atomic E-state index is 0.0815. The van der Waals surface area contributed by atoms with Crippen LogP contribution in [0, 0.1) is 0 Å². The molecule has 3 aromatic rings. The van der Waals surface area contributed by atoms with Crippen molar-refractivity contribution in [2.45, 2.75) is 31.8 Å². The Kier molecular flexibility index (Phi) is 9.26. The van der Waals surface area contributed by atoms with Gasteiger partial charge in [0.05, 0.1) is 15.1 Å². The molecule has 1 aliphatic carbocycles. The number of nitrogens with one attached hydrogen (secondary N) is 1. The number of hydrogen-bond donors (Lipinski definition) is 1. The molecule has 9 heteroatoms. The number of carbonyl (C=O) groups excluding carboxylic acids is 1. The summed E-state index contributed by atoms with van der Waals surface area (Å²) in [5.41, 5.74) is 3.89. The summed E-state index contributed by atoms with van der Waals surface area (Å²) in [6, 6.07) is 19.0. The molecular weight excluding hydrogens is 578 g/mol. The number of nitrogens with zero attached hydrogens (tertiary/aromatic N) is 1. The van der Waals surface area contributed by atoms with Crippen LogP contribution in [-0.2, 0) is 11.3 Å². The molecular formula is C30H28Cl4N2O3. The van der Waals surface area contributed by atoms with E-state index in [1.165, 1.54) is 0 Å². The van der Waals surface area contributed by atoms with Gasteiger partial charge < -0.3 is 19.7 Å². The van der Waals surface area contributed by atoms with Crippen molar-refractivity contribution in [1.82, 2.24) is 10.2 Å². The fraction of sp³-hybridized carbons (Fsp3) is 0.300. The van der Waals surface area contributed by atoms with Gasteiger partial charge in [0.2, 0.25) is 0 Å². The van der Waals surface area contributed by atoms with Crippen LogP contribution in [-0.4, -0.2) is 43.2 Å². The highest BCUT2D eigenvalue weighted by atomic mass is 35.5. The van der Waals surface area contributed by atoms with Crippen molar-refractivity contribution in [3.05, 3.63) is 97.5 Å². The van der Waals surface area contributed by atoms with E-state index < -0.39 is 0 Å². The molecule has 1 amide bonds. The smallest absolute Gasteiger partial charge is 0.251 e. The van der Waals surface area contributed by atoms with Gasteiger partial charge in [-0.3, -0.25) is 4.79 Å². The number of rotatable bonds is 10. The first-order valence-electron chi connectivity index (χ1n) is 12.9. The maximum absolute atomic E-state index is 13.8. The van der Waals surface area contributed by atoms with Gasteiger partial charge in [0.25, 0.3) is 5.91 Å². The first kappa shape index (κ1) is 28.1. The third kappa shape index (κ3) is 7.03. The van der Waals surface area contributed by atoms with Crippen molar-refractivity contribution < 1.29 is 14.3 Å². The Morgan fingerprint density at radius 1 is 0.872 bits per heavy atom. The van der Waals surface area contributed by atoms with E-state index in [1.54, 1.807) is 12.1 Å². The molecule has 0 atom stereocenters. The fourth-order valence-electron chi connectivity index (χ4n) is 4.62. The summed E-state index contributed by atoms with van der Waals surface area (Å²) >= 11 is 24.6. The first-order valence-corrected chi connectivity index (χ1v) is 14.4. The van der Waals surface area contributed by atoms with E-state index in [0.717, 1.165) is 48.1 Å². The lowest BCUT2D eigenvalue weighted by atomic mass is 9.93. The van der Waals surface area contributed by atoms with Gasteiger partial charge in [0.1, 0.15) is 24.7 Å². The summed E-state index contributed by atoms with van der Waals surface area (Å²) in [6.07, 6.45) is 2.84. The van der Waals surface area contributed by atoms with Gasteiger partial charge in [-0.1, -0.05) is 76.7 Å². The summed E-state index contributed by atoms with van der Waals surface area (Å²) in [4.78, 5) is 15.8. The zero-order valence-corrected chi connectivity index (χ0v) is 24.2. The molecule has 5 rings (SSSR count). The minimum Gasteiger partial charge on any atom is -0.490 e. The topological polar surface area (TPSA) is 50.8 Å². The molecule has 204 valence electrons. The fourth-order valence-corrected chi connectivity index (χ4v) is 5.41. The van der Waals surface area contributed by atoms with E-state index in [9.17, 15) is 4.79 Å². The molecule has 1 heterocycles. The molecule has 0 spiro atoms. The van der Waals surface area contributed by atoms with Crippen LogP contribution in [0.15, 0.2) is 66.2 Å². The Balaban J connectivity index is 1.25. The SMILES string of the molecule is O=C(C1=C(c2ccc(OCCOc3cc(Cl)c(Cl)cc3Cl)cc2)CCNC1)N(Cc1ccccc1Cl)C1CC1. The molecule has 2 aliphatic rings. The average molecular weight is 606 g/mol. The van der Waals surface area contributed by atoms with Crippen LogP contribution in [0.25, 0.3) is 5.57 Å². The molecule has 1 aliphatic heterocycles. The Hall–Kier alpha value is -2.41. The molecule has 0 unspecified atom stereocenters. The van der Waals surface area contributed by atoms with Gasteiger partial charge in [-0.15, -0.1) is 0 Å². The molecule has 5 nitrogen and oxygen atoms in total. The lowest BCUT2D eigenvalue weighted by Crippen LogP contribution is -2.39. The maximum atomic E-state index is 13.8. The van der Waals surface area contributed by atoms with Gasteiger partial charge in [0.15, 0.2) is 0 Å². The van der Waals surface area contributed by atoms with Crippen LogP contribution >= 0.6 is 46.4 Å². The summed E-state index contributed by atoms with van der Waals surface area (Å²) in [5, 5.41) is 5.21. The van der Waals surface area contributed by atoms with E-state index in [-0.39, 0.29) is 18.6 Å². The van der Waals surface area contributed by atoms with E-state index in [1.807, 2.05) is 53.4 Å². The normalized spacial score (nSPS) is 15.3. The summed E-state index contributed by atoms with van der Waals surface area (Å²) in [5.74, 6) is 1.25. The second kappa shape index (κ2) is 12.8. The van der Waals surface area contributed by atoms with Crippen LogP contribution in [0.4, 0.5) is 0 Å². The number of halogens is 4. The van der Waals surface area contributed by atoms with E-state index in [0.29, 0.717) is 51.3 Å². The largest absolute Gasteiger partial charge is 0.490 e. The highest BCUT2D eigenvalue weighted by Crippen LogP contribution is 2.35. The molecule has 0 radical (unpaired) electrons.